The van der Waals surface area contributed by atoms with Crippen LogP contribution in [0.1, 0.15) is 96.3 Å². The Bertz CT molecular complexity index is 190. The Balaban J connectivity index is 2.92. The molecule has 0 heterocycles. The molecule has 0 saturated carbocycles. The molecule has 0 saturated heterocycles. The molecule has 0 fully saturated rings. The van der Waals surface area contributed by atoms with Crippen LogP contribution >= 0.6 is 31.9 Å². The Labute approximate surface area is 144 Å². The van der Waals surface area contributed by atoms with Crippen molar-refractivity contribution in [3.05, 3.63) is 11.1 Å². The summed E-state index contributed by atoms with van der Waals surface area (Å²) in [5, 5.41) is 1.18. The van der Waals surface area contributed by atoms with Gasteiger partial charge in [-0.3, -0.25) is 0 Å². The van der Waals surface area contributed by atoms with Crippen LogP contribution in [0.2, 0.25) is 0 Å². The molecule has 0 rings (SSSR count). The first-order valence-corrected chi connectivity index (χ1v) is 10.8. The topological polar surface area (TPSA) is 0 Å². The summed E-state index contributed by atoms with van der Waals surface area (Å²) < 4.78 is 0. The molecule has 0 nitrogen and oxygen atoms in total. The third-order valence-corrected chi connectivity index (χ3v) is 4.78. The fraction of sp³-hybridized carbons (Fsp3) is 0.889. The monoisotopic (exact) mass is 408 g/mol. The largest absolute Gasteiger partial charge is 0.0928 e. The lowest BCUT2D eigenvalue weighted by Crippen LogP contribution is -1.83. The van der Waals surface area contributed by atoms with Crippen LogP contribution in [0.15, 0.2) is 11.1 Å². The minimum atomic E-state index is 1.18. The van der Waals surface area contributed by atoms with E-state index in [-0.39, 0.29) is 0 Å². The predicted octanol–water partition coefficient (Wildman–Crippen LogP) is 8.14. The van der Waals surface area contributed by atoms with Gasteiger partial charge < -0.3 is 0 Å². The van der Waals surface area contributed by atoms with Crippen molar-refractivity contribution in [3.63, 3.8) is 0 Å². The fourth-order valence-electron chi connectivity index (χ4n) is 2.54. The molecule has 0 aliphatic carbocycles. The summed E-state index contributed by atoms with van der Waals surface area (Å²) in [5.41, 5.74) is 0. The zero-order valence-electron chi connectivity index (χ0n) is 13.2. The van der Waals surface area contributed by atoms with E-state index < -0.39 is 0 Å². The van der Waals surface area contributed by atoms with E-state index in [4.69, 9.17) is 0 Å². The van der Waals surface area contributed by atoms with E-state index in [1.807, 2.05) is 4.99 Å². The van der Waals surface area contributed by atoms with Crippen molar-refractivity contribution in [1.29, 1.82) is 0 Å². The summed E-state index contributed by atoms with van der Waals surface area (Å²) in [6, 6.07) is 0. The first kappa shape index (κ1) is 20.7. The summed E-state index contributed by atoms with van der Waals surface area (Å²) in [7, 11) is 0. The van der Waals surface area contributed by atoms with Crippen molar-refractivity contribution in [2.45, 2.75) is 96.3 Å². The van der Waals surface area contributed by atoms with Gasteiger partial charge in [0.1, 0.15) is 0 Å². The smallest absolute Gasteiger partial charge is 0.00313 e. The molecule has 0 N–H and O–H groups in total. The number of rotatable bonds is 16. The maximum Gasteiger partial charge on any atom is 0.00313 e. The number of unbranched alkanes of at least 4 members (excludes halogenated alkanes) is 14. The number of hydrogen-bond acceptors (Lipinski definition) is 0. The lowest BCUT2D eigenvalue weighted by Gasteiger charge is -2.03. The van der Waals surface area contributed by atoms with Crippen LogP contribution in [0.25, 0.3) is 0 Å². The van der Waals surface area contributed by atoms with Crippen LogP contribution in [0.4, 0.5) is 0 Å². The Hall–Kier alpha value is 0.700. The Morgan fingerprint density at radius 2 is 0.850 bits per heavy atom. The van der Waals surface area contributed by atoms with Crippen molar-refractivity contribution in [2.24, 2.45) is 0 Å². The minimum Gasteiger partial charge on any atom is -0.0928 e. The van der Waals surface area contributed by atoms with Crippen molar-refractivity contribution in [1.82, 2.24) is 0 Å². The first-order valence-electron chi connectivity index (χ1n) is 8.73. The van der Waals surface area contributed by atoms with Crippen molar-refractivity contribution < 1.29 is 0 Å². The average molecular weight is 410 g/mol. The molecular weight excluding hydrogens is 376 g/mol. The van der Waals surface area contributed by atoms with Crippen LogP contribution in [-0.4, -0.2) is 5.33 Å². The van der Waals surface area contributed by atoms with Gasteiger partial charge in [0.25, 0.3) is 0 Å². The van der Waals surface area contributed by atoms with Gasteiger partial charge in [-0.15, -0.1) is 0 Å². The third-order valence-electron chi connectivity index (χ3n) is 3.84. The standard InChI is InChI=1S/C18H34Br2/c19-17-15-13-11-9-7-5-3-1-2-4-6-8-10-12-14-16-18-20/h15,17H,1-14,16,18H2/b17-15+. The molecule has 0 unspecified atom stereocenters. The highest BCUT2D eigenvalue weighted by molar-refractivity contribution is 9.11. The molecule has 0 aromatic rings. The summed E-state index contributed by atoms with van der Waals surface area (Å²) in [4.78, 5) is 1.98. The molecule has 0 aromatic carbocycles. The number of alkyl halides is 1. The lowest BCUT2D eigenvalue weighted by molar-refractivity contribution is 0.536. The average Bonchev–Trinajstić information content (AvgIpc) is 2.47. The molecule has 0 aliphatic rings. The maximum absolute atomic E-state index is 3.49. The zero-order chi connectivity index (χ0) is 14.7. The van der Waals surface area contributed by atoms with Gasteiger partial charge in [0.2, 0.25) is 0 Å². The molecule has 0 spiro atoms. The molecule has 20 heavy (non-hydrogen) atoms. The van der Waals surface area contributed by atoms with Crippen LogP contribution in [0, 0.1) is 0 Å². The summed E-state index contributed by atoms with van der Waals surface area (Å²) >= 11 is 6.80. The van der Waals surface area contributed by atoms with E-state index in [2.05, 4.69) is 37.9 Å². The van der Waals surface area contributed by atoms with Crippen molar-refractivity contribution >= 4 is 31.9 Å². The summed E-state index contributed by atoms with van der Waals surface area (Å²) in [6.07, 6.45) is 23.5. The van der Waals surface area contributed by atoms with Gasteiger partial charge in [-0.2, -0.15) is 0 Å². The molecule has 0 amide bonds. The molecule has 0 bridgehead atoms. The zero-order valence-corrected chi connectivity index (χ0v) is 16.4. The van der Waals surface area contributed by atoms with Gasteiger partial charge in [0.15, 0.2) is 0 Å². The number of halogens is 2. The fourth-order valence-corrected chi connectivity index (χ4v) is 3.20. The Morgan fingerprint density at radius 1 is 0.500 bits per heavy atom. The second kappa shape index (κ2) is 19.7. The Kier molecular flexibility index (Phi) is 20.4. The van der Waals surface area contributed by atoms with E-state index in [1.165, 1.54) is 102 Å². The highest BCUT2D eigenvalue weighted by Crippen LogP contribution is 2.13. The van der Waals surface area contributed by atoms with E-state index in [1.54, 1.807) is 0 Å². The highest BCUT2D eigenvalue weighted by atomic mass is 79.9. The molecule has 0 aromatic heterocycles. The second-order valence-corrected chi connectivity index (χ2v) is 7.11. The van der Waals surface area contributed by atoms with Crippen molar-refractivity contribution in [3.8, 4) is 0 Å². The van der Waals surface area contributed by atoms with E-state index in [0.29, 0.717) is 0 Å². The second-order valence-electron chi connectivity index (χ2n) is 5.79. The molecule has 0 aliphatic heterocycles. The van der Waals surface area contributed by atoms with Crippen LogP contribution in [0.5, 0.6) is 0 Å². The van der Waals surface area contributed by atoms with Crippen LogP contribution in [-0.2, 0) is 0 Å². The molecule has 2 heteroatoms. The van der Waals surface area contributed by atoms with E-state index >= 15 is 0 Å². The Morgan fingerprint density at radius 3 is 1.20 bits per heavy atom. The SMILES string of the molecule is Br/C=C/CCCCCCCCCCCCCCCCBr. The van der Waals surface area contributed by atoms with Gasteiger partial charge in [-0.05, 0) is 24.2 Å². The van der Waals surface area contributed by atoms with Gasteiger partial charge in [-0.25, -0.2) is 0 Å². The van der Waals surface area contributed by atoms with Gasteiger partial charge in [0.05, 0.1) is 0 Å². The molecule has 0 atom stereocenters. The number of hydrogen-bond donors (Lipinski definition) is 0. The highest BCUT2D eigenvalue weighted by Gasteiger charge is 1.94. The minimum absolute atomic E-state index is 1.18. The van der Waals surface area contributed by atoms with E-state index in [9.17, 15) is 0 Å². The molecule has 0 radical (unpaired) electrons. The quantitative estimate of drug-likeness (QED) is 0.178. The maximum atomic E-state index is 3.49. The molecular formula is C18H34Br2. The van der Waals surface area contributed by atoms with Gasteiger partial charge in [0, 0.05) is 5.33 Å². The van der Waals surface area contributed by atoms with E-state index in [0.717, 1.165) is 0 Å². The number of allylic oxidation sites excluding steroid dienone is 1. The summed E-state index contributed by atoms with van der Waals surface area (Å²) in [6.45, 7) is 0. The van der Waals surface area contributed by atoms with Crippen molar-refractivity contribution in [2.75, 3.05) is 5.33 Å². The normalized spacial score (nSPS) is 11.5. The van der Waals surface area contributed by atoms with Gasteiger partial charge in [-0.1, -0.05) is 115 Å². The van der Waals surface area contributed by atoms with Crippen LogP contribution in [0.3, 0.4) is 0 Å². The predicted molar refractivity (Wildman–Crippen MR) is 101 cm³/mol. The third kappa shape index (κ3) is 18.7. The lowest BCUT2D eigenvalue weighted by atomic mass is 10.0. The van der Waals surface area contributed by atoms with Gasteiger partial charge >= 0.3 is 0 Å². The molecule has 120 valence electrons. The first-order chi connectivity index (χ1) is 9.91. The summed E-state index contributed by atoms with van der Waals surface area (Å²) in [5.74, 6) is 0. The van der Waals surface area contributed by atoms with Crippen LogP contribution < -0.4 is 0 Å².